The summed E-state index contributed by atoms with van der Waals surface area (Å²) in [5, 5.41) is 9.14. The van der Waals surface area contributed by atoms with Gasteiger partial charge < -0.3 is 5.11 Å². The lowest BCUT2D eigenvalue weighted by Gasteiger charge is -2.21. The predicted molar refractivity (Wildman–Crippen MR) is 84.3 cm³/mol. The Labute approximate surface area is 140 Å². The van der Waals surface area contributed by atoms with E-state index in [9.17, 15) is 21.6 Å². The average molecular weight is 374 g/mol. The first kappa shape index (κ1) is 17.3. The first-order chi connectivity index (χ1) is 11.2. The van der Waals surface area contributed by atoms with Crippen molar-refractivity contribution in [2.75, 3.05) is 6.54 Å². The van der Waals surface area contributed by atoms with Crippen molar-refractivity contribution in [1.29, 1.82) is 0 Å². The maximum atomic E-state index is 12.6. The third-order valence-corrected chi connectivity index (χ3v) is 7.59. The van der Waals surface area contributed by atoms with Gasteiger partial charge in [0, 0.05) is 12.6 Å². The van der Waals surface area contributed by atoms with Gasteiger partial charge in [0.2, 0.25) is 20.0 Å². The zero-order chi connectivity index (χ0) is 17.5. The molecule has 24 heavy (non-hydrogen) atoms. The zero-order valence-electron chi connectivity index (χ0n) is 12.8. The van der Waals surface area contributed by atoms with Crippen molar-refractivity contribution in [3.63, 3.8) is 0 Å². The van der Waals surface area contributed by atoms with Gasteiger partial charge >= 0.3 is 5.97 Å². The molecule has 1 aliphatic heterocycles. The number of carbonyl (C=O) groups is 1. The van der Waals surface area contributed by atoms with Crippen molar-refractivity contribution in [3.05, 3.63) is 24.3 Å². The lowest BCUT2D eigenvalue weighted by molar-refractivity contribution is -0.140. The topological polar surface area (TPSA) is 121 Å². The molecule has 0 amide bonds. The number of aliphatic carboxylic acids is 1. The summed E-state index contributed by atoms with van der Waals surface area (Å²) in [6.07, 6.45) is 2.36. The summed E-state index contributed by atoms with van der Waals surface area (Å²) in [6, 6.07) is 3.74. The van der Waals surface area contributed by atoms with E-state index in [1.54, 1.807) is 0 Å². The highest BCUT2D eigenvalue weighted by Crippen LogP contribution is 2.27. The third kappa shape index (κ3) is 3.32. The summed E-state index contributed by atoms with van der Waals surface area (Å²) in [5.74, 6) is -1.18. The molecule has 1 aromatic rings. The van der Waals surface area contributed by atoms with Crippen LogP contribution in [0.3, 0.4) is 0 Å². The molecule has 1 aromatic carbocycles. The summed E-state index contributed by atoms with van der Waals surface area (Å²) in [6.45, 7) is 0.141. The molecule has 1 saturated heterocycles. The van der Waals surface area contributed by atoms with Crippen LogP contribution in [-0.4, -0.2) is 50.8 Å². The number of carboxylic acid groups (broad SMARTS) is 1. The van der Waals surface area contributed by atoms with Crippen molar-refractivity contribution >= 4 is 26.0 Å². The van der Waals surface area contributed by atoms with Crippen LogP contribution in [0.2, 0.25) is 0 Å². The number of carboxylic acids is 1. The lowest BCUT2D eigenvalue weighted by atomic mass is 10.2. The van der Waals surface area contributed by atoms with Crippen LogP contribution >= 0.6 is 0 Å². The number of hydrogen-bond acceptors (Lipinski definition) is 5. The molecule has 0 radical (unpaired) electrons. The van der Waals surface area contributed by atoms with Gasteiger partial charge in [0.25, 0.3) is 0 Å². The molecule has 2 fully saturated rings. The minimum Gasteiger partial charge on any atom is -0.480 e. The molecule has 0 unspecified atom stereocenters. The van der Waals surface area contributed by atoms with E-state index in [-0.39, 0.29) is 28.8 Å². The van der Waals surface area contributed by atoms with Crippen LogP contribution < -0.4 is 4.72 Å². The molecule has 1 heterocycles. The Balaban J connectivity index is 1.85. The molecule has 0 bridgehead atoms. The van der Waals surface area contributed by atoms with Crippen LogP contribution in [0.25, 0.3) is 0 Å². The molecule has 1 aliphatic carbocycles. The largest absolute Gasteiger partial charge is 0.480 e. The van der Waals surface area contributed by atoms with Gasteiger partial charge in [0.1, 0.15) is 6.04 Å². The Bertz CT molecular complexity index is 844. The molecule has 132 valence electrons. The van der Waals surface area contributed by atoms with Crippen molar-refractivity contribution in [3.8, 4) is 0 Å². The number of benzene rings is 1. The Morgan fingerprint density at radius 1 is 1.04 bits per heavy atom. The molecule has 2 aliphatic rings. The SMILES string of the molecule is O=C(O)[C@H]1CCCN1S(=O)(=O)c1ccc(S(=O)(=O)NC2CC2)cc1. The first-order valence-corrected chi connectivity index (χ1v) is 10.5. The van der Waals surface area contributed by atoms with Crippen molar-refractivity contribution in [2.24, 2.45) is 0 Å². The number of nitrogens with one attached hydrogen (secondary N) is 1. The van der Waals surface area contributed by atoms with Crippen LogP contribution in [0.4, 0.5) is 0 Å². The molecule has 8 nitrogen and oxygen atoms in total. The Hall–Kier alpha value is -1.49. The fraction of sp³-hybridized carbons (Fsp3) is 0.500. The molecule has 1 saturated carbocycles. The monoisotopic (exact) mass is 374 g/mol. The van der Waals surface area contributed by atoms with E-state index in [4.69, 9.17) is 5.11 Å². The fourth-order valence-corrected chi connectivity index (χ4v) is 5.65. The second-order valence-electron chi connectivity index (χ2n) is 5.98. The quantitative estimate of drug-likeness (QED) is 0.742. The van der Waals surface area contributed by atoms with Crippen molar-refractivity contribution < 1.29 is 26.7 Å². The van der Waals surface area contributed by atoms with Gasteiger partial charge in [-0.1, -0.05) is 0 Å². The third-order valence-electron chi connectivity index (χ3n) is 4.13. The number of nitrogens with zero attached hydrogens (tertiary/aromatic N) is 1. The van der Waals surface area contributed by atoms with E-state index in [1.165, 1.54) is 24.3 Å². The van der Waals surface area contributed by atoms with Crippen LogP contribution in [-0.2, 0) is 24.8 Å². The molecule has 10 heteroatoms. The average Bonchev–Trinajstić information content (AvgIpc) is 3.17. The van der Waals surface area contributed by atoms with E-state index in [1.807, 2.05) is 0 Å². The van der Waals surface area contributed by atoms with Gasteiger partial charge in [0.15, 0.2) is 0 Å². The van der Waals surface area contributed by atoms with E-state index < -0.39 is 32.1 Å². The zero-order valence-corrected chi connectivity index (χ0v) is 14.4. The molecular weight excluding hydrogens is 356 g/mol. The molecule has 0 spiro atoms. The minimum atomic E-state index is -3.97. The van der Waals surface area contributed by atoms with Gasteiger partial charge in [0.05, 0.1) is 9.79 Å². The van der Waals surface area contributed by atoms with Gasteiger partial charge in [-0.3, -0.25) is 4.79 Å². The predicted octanol–water partition coefficient (Wildman–Crippen LogP) is 0.365. The molecule has 1 atom stereocenters. The fourth-order valence-electron chi connectivity index (χ4n) is 2.69. The highest BCUT2D eigenvalue weighted by Gasteiger charge is 2.39. The van der Waals surface area contributed by atoms with Crippen LogP contribution in [0, 0.1) is 0 Å². The van der Waals surface area contributed by atoms with E-state index in [0.717, 1.165) is 17.1 Å². The van der Waals surface area contributed by atoms with Gasteiger partial charge in [-0.25, -0.2) is 21.6 Å². The molecule has 2 N–H and O–H groups in total. The minimum absolute atomic E-state index is 0.00967. The van der Waals surface area contributed by atoms with Crippen molar-refractivity contribution in [2.45, 2.75) is 47.6 Å². The second-order valence-corrected chi connectivity index (χ2v) is 9.58. The molecular formula is C14H18N2O6S2. The lowest BCUT2D eigenvalue weighted by Crippen LogP contribution is -2.40. The van der Waals surface area contributed by atoms with E-state index >= 15 is 0 Å². The summed E-state index contributed by atoms with van der Waals surface area (Å²) in [4.78, 5) is 11.1. The highest BCUT2D eigenvalue weighted by atomic mass is 32.2. The van der Waals surface area contributed by atoms with Gasteiger partial charge in [-0.2, -0.15) is 4.31 Å². The maximum absolute atomic E-state index is 12.6. The standard InChI is InChI=1S/C14H18N2O6S2/c17-14(18)13-2-1-9-16(13)24(21,22)12-7-5-11(6-8-12)23(19,20)15-10-3-4-10/h5-8,10,13,15H,1-4,9H2,(H,17,18)/t13-/m1/s1. The number of rotatable bonds is 6. The van der Waals surface area contributed by atoms with Crippen LogP contribution in [0.1, 0.15) is 25.7 Å². The number of sulfonamides is 2. The van der Waals surface area contributed by atoms with Crippen LogP contribution in [0.5, 0.6) is 0 Å². The maximum Gasteiger partial charge on any atom is 0.322 e. The number of hydrogen-bond donors (Lipinski definition) is 2. The summed E-state index contributed by atoms with van der Waals surface area (Å²) in [7, 11) is -7.62. The highest BCUT2D eigenvalue weighted by molar-refractivity contribution is 7.89. The van der Waals surface area contributed by atoms with E-state index in [2.05, 4.69) is 4.72 Å². The summed E-state index contributed by atoms with van der Waals surface area (Å²) < 4.78 is 52.9. The second kappa shape index (κ2) is 6.10. The Morgan fingerprint density at radius 3 is 2.17 bits per heavy atom. The van der Waals surface area contributed by atoms with Crippen molar-refractivity contribution in [1.82, 2.24) is 9.03 Å². The summed E-state index contributed by atoms with van der Waals surface area (Å²) in [5.41, 5.74) is 0. The van der Waals surface area contributed by atoms with Gasteiger partial charge in [-0.15, -0.1) is 0 Å². The summed E-state index contributed by atoms with van der Waals surface area (Å²) >= 11 is 0. The molecule has 3 rings (SSSR count). The van der Waals surface area contributed by atoms with Gasteiger partial charge in [-0.05, 0) is 49.9 Å². The normalized spacial score (nSPS) is 22.6. The van der Waals surface area contributed by atoms with Crippen LogP contribution in [0.15, 0.2) is 34.1 Å². The molecule has 0 aromatic heterocycles. The smallest absolute Gasteiger partial charge is 0.322 e. The van der Waals surface area contributed by atoms with E-state index in [0.29, 0.717) is 6.42 Å². The Morgan fingerprint density at radius 2 is 1.62 bits per heavy atom. The first-order valence-electron chi connectivity index (χ1n) is 7.59. The Kier molecular flexibility index (Phi) is 4.41.